The van der Waals surface area contributed by atoms with Crippen molar-refractivity contribution >= 4 is 10.8 Å². The minimum Gasteiger partial charge on any atom is -0.206 e. The number of hydrogen-bond acceptors (Lipinski definition) is 0. The summed E-state index contributed by atoms with van der Waals surface area (Å²) in [4.78, 5) is 0. The smallest absolute Gasteiger partial charge is 0.206 e. The van der Waals surface area contributed by atoms with Crippen LogP contribution in [-0.4, -0.2) is 0 Å². The third-order valence-corrected chi connectivity index (χ3v) is 6.22. The van der Waals surface area contributed by atoms with E-state index in [0.717, 1.165) is 12.1 Å². The molecule has 0 aliphatic rings. The average Bonchev–Trinajstić information content (AvgIpc) is 2.83. The zero-order valence-corrected chi connectivity index (χ0v) is 19.6. The molecule has 0 atom stereocenters. The zero-order valence-electron chi connectivity index (χ0n) is 19.6. The number of hydrogen-bond donors (Lipinski definition) is 0. The van der Waals surface area contributed by atoms with Crippen molar-refractivity contribution in [3.8, 4) is 11.1 Å². The van der Waals surface area contributed by atoms with Gasteiger partial charge in [0.25, 0.3) is 0 Å². The van der Waals surface area contributed by atoms with Crippen LogP contribution in [0.4, 0.5) is 26.3 Å². The largest absolute Gasteiger partial charge is 0.416 e. The minimum atomic E-state index is -4.40. The first-order valence-corrected chi connectivity index (χ1v) is 11.6. The number of allylic oxidation sites excluding steroid dienone is 2. The molecule has 4 aromatic rings. The van der Waals surface area contributed by atoms with Gasteiger partial charge in [-0.15, -0.1) is 0 Å². The number of fused-ring (bicyclic) bond motifs is 1. The Labute approximate surface area is 205 Å². The first-order valence-electron chi connectivity index (χ1n) is 11.6. The lowest BCUT2D eigenvalue weighted by Crippen LogP contribution is -2.04. The molecule has 0 aliphatic heterocycles. The highest BCUT2D eigenvalue weighted by Crippen LogP contribution is 2.32. The van der Waals surface area contributed by atoms with Crippen LogP contribution in [0.1, 0.15) is 35.6 Å². The van der Waals surface area contributed by atoms with Crippen LogP contribution in [0.15, 0.2) is 78.9 Å². The Balaban J connectivity index is 1.55. The summed E-state index contributed by atoms with van der Waals surface area (Å²) in [5.41, 5.74) is 1.08. The Bertz CT molecular complexity index is 1370. The fraction of sp³-hybridized carbons (Fsp3) is 0.200. The van der Waals surface area contributed by atoms with Crippen LogP contribution in [0.5, 0.6) is 0 Å². The lowest BCUT2D eigenvalue weighted by atomic mass is 9.95. The molecule has 0 unspecified atom stereocenters. The van der Waals surface area contributed by atoms with Crippen molar-refractivity contribution in [2.24, 2.45) is 0 Å². The molecular weight excluding hydrogens is 474 g/mol. The zero-order chi connectivity index (χ0) is 25.9. The Morgan fingerprint density at radius 1 is 0.722 bits per heavy atom. The topological polar surface area (TPSA) is 0 Å². The number of aryl methyl sites for hydroxylation is 3. The summed E-state index contributed by atoms with van der Waals surface area (Å²) in [6.45, 7) is 1.88. The van der Waals surface area contributed by atoms with Crippen molar-refractivity contribution in [3.63, 3.8) is 0 Å². The number of halogens is 6. The molecule has 36 heavy (non-hydrogen) atoms. The van der Waals surface area contributed by atoms with Crippen molar-refractivity contribution in [2.75, 3.05) is 0 Å². The maximum atomic E-state index is 15.2. The van der Waals surface area contributed by atoms with Gasteiger partial charge in [0, 0.05) is 5.39 Å². The van der Waals surface area contributed by atoms with Crippen molar-refractivity contribution in [1.29, 1.82) is 0 Å². The van der Waals surface area contributed by atoms with E-state index in [1.165, 1.54) is 36.4 Å². The standard InChI is InChI=1S/C30H24F6/c1-2-3-4-5-20-16-26(31)28(27(32)17-20)23-12-15-25-22(18-23)11-10-21(29(25)33)9-6-19-7-13-24(14-8-19)30(34,35)36/h2-3,7-8,10-18H,4-6,9H2,1H3/b3-2+. The number of benzene rings is 4. The quantitative estimate of drug-likeness (QED) is 0.176. The van der Waals surface area contributed by atoms with E-state index in [1.807, 2.05) is 19.1 Å². The Morgan fingerprint density at radius 3 is 2.06 bits per heavy atom. The van der Waals surface area contributed by atoms with Crippen LogP contribution in [-0.2, 0) is 25.4 Å². The van der Waals surface area contributed by atoms with Gasteiger partial charge in [-0.25, -0.2) is 13.2 Å². The Morgan fingerprint density at radius 2 is 1.42 bits per heavy atom. The predicted molar refractivity (Wildman–Crippen MR) is 131 cm³/mol. The van der Waals surface area contributed by atoms with Crippen LogP contribution < -0.4 is 0 Å². The monoisotopic (exact) mass is 498 g/mol. The van der Waals surface area contributed by atoms with Crippen molar-refractivity contribution in [3.05, 3.63) is 119 Å². The van der Waals surface area contributed by atoms with Crippen molar-refractivity contribution < 1.29 is 26.3 Å². The van der Waals surface area contributed by atoms with E-state index in [-0.39, 0.29) is 5.56 Å². The van der Waals surface area contributed by atoms with Gasteiger partial charge in [0.05, 0.1) is 11.1 Å². The van der Waals surface area contributed by atoms with Gasteiger partial charge in [-0.3, -0.25) is 0 Å². The molecule has 0 saturated heterocycles. The summed E-state index contributed by atoms with van der Waals surface area (Å²) in [5.74, 6) is -1.79. The van der Waals surface area contributed by atoms with Crippen molar-refractivity contribution in [1.82, 2.24) is 0 Å². The highest BCUT2D eigenvalue weighted by molar-refractivity contribution is 5.88. The molecule has 0 nitrogen and oxygen atoms in total. The van der Waals surface area contributed by atoms with Gasteiger partial charge in [0.1, 0.15) is 17.5 Å². The molecular formula is C30H24F6. The van der Waals surface area contributed by atoms with Crippen LogP contribution >= 0.6 is 0 Å². The summed E-state index contributed by atoms with van der Waals surface area (Å²) in [6, 6.07) is 15.3. The second-order valence-corrected chi connectivity index (χ2v) is 8.71. The molecule has 0 heterocycles. The third kappa shape index (κ3) is 5.64. The van der Waals surface area contributed by atoms with Crippen molar-refractivity contribution in [2.45, 2.75) is 38.8 Å². The molecule has 0 saturated carbocycles. The summed E-state index contributed by atoms with van der Waals surface area (Å²) >= 11 is 0. The normalized spacial score (nSPS) is 12.1. The van der Waals surface area contributed by atoms with Gasteiger partial charge in [-0.2, -0.15) is 13.2 Å². The minimum absolute atomic E-state index is 0.154. The summed E-state index contributed by atoms with van der Waals surface area (Å²) in [7, 11) is 0. The molecule has 6 heteroatoms. The number of alkyl halides is 3. The van der Waals surface area contributed by atoms with E-state index in [9.17, 15) is 22.0 Å². The Kier molecular flexibility index (Phi) is 7.53. The highest BCUT2D eigenvalue weighted by Gasteiger charge is 2.29. The summed E-state index contributed by atoms with van der Waals surface area (Å²) < 4.78 is 83.0. The van der Waals surface area contributed by atoms with Gasteiger partial charge >= 0.3 is 6.18 Å². The molecule has 4 aromatic carbocycles. The summed E-state index contributed by atoms with van der Waals surface area (Å²) in [6.07, 6.45) is 1.29. The second-order valence-electron chi connectivity index (χ2n) is 8.71. The van der Waals surface area contributed by atoms with E-state index in [2.05, 4.69) is 0 Å². The number of rotatable bonds is 7. The summed E-state index contributed by atoms with van der Waals surface area (Å²) in [5, 5.41) is 0.812. The molecule has 0 fully saturated rings. The first-order chi connectivity index (χ1) is 17.2. The molecule has 0 aromatic heterocycles. The van der Waals surface area contributed by atoms with Gasteiger partial charge in [-0.1, -0.05) is 48.6 Å². The van der Waals surface area contributed by atoms with E-state index < -0.39 is 29.2 Å². The van der Waals surface area contributed by atoms with E-state index in [0.29, 0.717) is 58.7 Å². The third-order valence-electron chi connectivity index (χ3n) is 6.22. The molecule has 0 N–H and O–H groups in total. The SMILES string of the molecule is C/C=C/CCc1cc(F)c(-c2ccc3c(F)c(CCc4ccc(C(F)(F)F)cc4)ccc3c2)c(F)c1. The molecule has 0 spiro atoms. The molecule has 186 valence electrons. The maximum absolute atomic E-state index is 15.2. The molecule has 4 rings (SSSR count). The van der Waals surface area contributed by atoms with Gasteiger partial charge < -0.3 is 0 Å². The highest BCUT2D eigenvalue weighted by atomic mass is 19.4. The van der Waals surface area contributed by atoms with Gasteiger partial charge in [0.2, 0.25) is 0 Å². The van der Waals surface area contributed by atoms with Crippen LogP contribution in [0, 0.1) is 17.5 Å². The lowest BCUT2D eigenvalue weighted by molar-refractivity contribution is -0.137. The Hall–Kier alpha value is -3.54. The van der Waals surface area contributed by atoms with E-state index in [1.54, 1.807) is 18.2 Å². The molecule has 0 radical (unpaired) electrons. The lowest BCUT2D eigenvalue weighted by Gasteiger charge is -2.11. The molecule has 0 aliphatic carbocycles. The fourth-order valence-electron chi connectivity index (χ4n) is 4.29. The molecule has 0 bridgehead atoms. The van der Waals surface area contributed by atoms with Gasteiger partial charge in [0.15, 0.2) is 0 Å². The van der Waals surface area contributed by atoms with Crippen LogP contribution in [0.3, 0.4) is 0 Å². The average molecular weight is 499 g/mol. The van der Waals surface area contributed by atoms with Crippen LogP contribution in [0.25, 0.3) is 21.9 Å². The maximum Gasteiger partial charge on any atom is 0.416 e. The second kappa shape index (κ2) is 10.6. The fourth-order valence-corrected chi connectivity index (χ4v) is 4.29. The molecule has 0 amide bonds. The van der Waals surface area contributed by atoms with Crippen LogP contribution in [0.2, 0.25) is 0 Å². The van der Waals surface area contributed by atoms with Gasteiger partial charge in [-0.05, 0) is 90.6 Å². The van der Waals surface area contributed by atoms with E-state index in [4.69, 9.17) is 0 Å². The predicted octanol–water partition coefficient (Wildman–Crippen LogP) is 9.24. The van der Waals surface area contributed by atoms with E-state index >= 15 is 4.39 Å². The first kappa shape index (κ1) is 25.5.